The summed E-state index contributed by atoms with van der Waals surface area (Å²) in [7, 11) is -3.72. The number of nitriles is 1. The van der Waals surface area contributed by atoms with Gasteiger partial charge in [0, 0.05) is 19.3 Å². The molecule has 0 saturated carbocycles. The predicted molar refractivity (Wildman–Crippen MR) is 106 cm³/mol. The Morgan fingerprint density at radius 1 is 1.38 bits per heavy atom. The molecule has 0 atom stereocenters. The molecular weight excluding hydrogens is 398 g/mol. The predicted octanol–water partition coefficient (Wildman–Crippen LogP) is 1.88. The van der Waals surface area contributed by atoms with Crippen molar-refractivity contribution in [1.29, 1.82) is 5.26 Å². The van der Waals surface area contributed by atoms with E-state index < -0.39 is 16.0 Å². The third-order valence-electron chi connectivity index (χ3n) is 3.91. The number of sulfonamides is 1. The lowest BCUT2D eigenvalue weighted by Crippen LogP contribution is -2.40. The highest BCUT2D eigenvalue weighted by atomic mass is 32.2. The van der Waals surface area contributed by atoms with Crippen molar-refractivity contribution in [3.05, 3.63) is 30.0 Å². The first-order valence-electron chi connectivity index (χ1n) is 9.22. The fraction of sp³-hybridized carbons (Fsp3) is 0.474. The van der Waals surface area contributed by atoms with E-state index in [1.807, 2.05) is 13.8 Å². The summed E-state index contributed by atoms with van der Waals surface area (Å²) >= 11 is 0. The number of hydrogen-bond acceptors (Lipinski definition) is 8. The van der Waals surface area contributed by atoms with Crippen LogP contribution in [0.25, 0.3) is 0 Å². The van der Waals surface area contributed by atoms with Crippen molar-refractivity contribution in [1.82, 2.24) is 4.31 Å². The highest BCUT2D eigenvalue weighted by Gasteiger charge is 2.27. The van der Waals surface area contributed by atoms with E-state index in [-0.39, 0.29) is 36.3 Å². The van der Waals surface area contributed by atoms with Gasteiger partial charge in [-0.1, -0.05) is 0 Å². The number of nitrogens with one attached hydrogen (secondary N) is 1. The standard InChI is InChI=1S/C19H25N3O6S/c1-4-27-19(23)15(12-20)13-21-17-11-16(5-6-18(17)28-14(2)3)29(24,25)22-7-9-26-10-8-22/h5-6,11,13-14,21H,4,7-10H2,1-3H3/b15-13+. The Labute approximate surface area is 170 Å². The van der Waals surface area contributed by atoms with Crippen molar-refractivity contribution in [2.75, 3.05) is 38.2 Å². The summed E-state index contributed by atoms with van der Waals surface area (Å²) < 4.78 is 42.9. The third kappa shape index (κ3) is 5.93. The van der Waals surface area contributed by atoms with Gasteiger partial charge in [-0.3, -0.25) is 0 Å². The average molecular weight is 423 g/mol. The molecule has 0 spiro atoms. The Hall–Kier alpha value is -2.61. The van der Waals surface area contributed by atoms with E-state index in [1.165, 1.54) is 22.6 Å². The number of esters is 1. The summed E-state index contributed by atoms with van der Waals surface area (Å²) in [6, 6.07) is 6.18. The molecule has 0 radical (unpaired) electrons. The van der Waals surface area contributed by atoms with Gasteiger partial charge >= 0.3 is 5.97 Å². The van der Waals surface area contributed by atoms with Gasteiger partial charge < -0.3 is 19.5 Å². The van der Waals surface area contributed by atoms with Gasteiger partial charge in [0.15, 0.2) is 5.57 Å². The first-order valence-corrected chi connectivity index (χ1v) is 10.7. The molecular formula is C19H25N3O6S. The average Bonchev–Trinajstić information content (AvgIpc) is 2.70. The second-order valence-corrected chi connectivity index (χ2v) is 8.31. The van der Waals surface area contributed by atoms with Crippen LogP contribution in [0, 0.1) is 11.3 Å². The number of benzene rings is 1. The molecule has 10 heteroatoms. The molecule has 1 aromatic rings. The van der Waals surface area contributed by atoms with Gasteiger partial charge in [-0.05, 0) is 39.0 Å². The Morgan fingerprint density at radius 2 is 2.07 bits per heavy atom. The van der Waals surface area contributed by atoms with Crippen LogP contribution in [0.4, 0.5) is 5.69 Å². The highest BCUT2D eigenvalue weighted by molar-refractivity contribution is 7.89. The van der Waals surface area contributed by atoms with Crippen LogP contribution in [0.3, 0.4) is 0 Å². The molecule has 2 rings (SSSR count). The monoisotopic (exact) mass is 423 g/mol. The maximum Gasteiger partial charge on any atom is 0.350 e. The number of carbonyl (C=O) groups excluding carboxylic acids is 1. The van der Waals surface area contributed by atoms with Crippen molar-refractivity contribution in [3.63, 3.8) is 0 Å². The van der Waals surface area contributed by atoms with E-state index in [2.05, 4.69) is 5.32 Å². The van der Waals surface area contributed by atoms with Crippen molar-refractivity contribution < 1.29 is 27.4 Å². The zero-order chi connectivity index (χ0) is 21.4. The summed E-state index contributed by atoms with van der Waals surface area (Å²) in [5, 5.41) is 12.0. The second-order valence-electron chi connectivity index (χ2n) is 6.38. The Kier molecular flexibility index (Phi) is 8.01. The van der Waals surface area contributed by atoms with Crippen molar-refractivity contribution in [2.24, 2.45) is 0 Å². The molecule has 1 aliphatic rings. The van der Waals surface area contributed by atoms with Crippen molar-refractivity contribution in [2.45, 2.75) is 31.8 Å². The molecule has 1 saturated heterocycles. The first kappa shape index (κ1) is 22.7. The molecule has 0 amide bonds. The fourth-order valence-electron chi connectivity index (χ4n) is 2.57. The van der Waals surface area contributed by atoms with E-state index in [0.29, 0.717) is 24.7 Å². The lowest BCUT2D eigenvalue weighted by atomic mass is 10.2. The SMILES string of the molecule is CCOC(=O)/C(C#N)=C/Nc1cc(S(=O)(=O)N2CCOCC2)ccc1OC(C)C. The van der Waals surface area contributed by atoms with Crippen molar-refractivity contribution in [3.8, 4) is 11.8 Å². The van der Waals surface area contributed by atoms with Gasteiger partial charge in [-0.2, -0.15) is 9.57 Å². The third-order valence-corrected chi connectivity index (χ3v) is 5.80. The summed E-state index contributed by atoms with van der Waals surface area (Å²) in [6.07, 6.45) is 1.01. The minimum Gasteiger partial charge on any atom is -0.489 e. The summed E-state index contributed by atoms with van der Waals surface area (Å²) in [5.74, 6) is -0.385. The molecule has 1 aliphatic heterocycles. The molecule has 1 heterocycles. The Bertz CT molecular complexity index is 899. The molecule has 0 aromatic heterocycles. The molecule has 29 heavy (non-hydrogen) atoms. The quantitative estimate of drug-likeness (QED) is 0.382. The highest BCUT2D eigenvalue weighted by Crippen LogP contribution is 2.30. The maximum absolute atomic E-state index is 12.9. The number of anilines is 1. The van der Waals surface area contributed by atoms with Crippen LogP contribution in [0.1, 0.15) is 20.8 Å². The zero-order valence-electron chi connectivity index (χ0n) is 16.7. The minimum atomic E-state index is -3.72. The normalized spacial score (nSPS) is 15.6. The number of morpholine rings is 1. The summed E-state index contributed by atoms with van der Waals surface area (Å²) in [5.41, 5.74) is 0.0638. The first-order chi connectivity index (χ1) is 13.8. The zero-order valence-corrected chi connectivity index (χ0v) is 17.5. The minimum absolute atomic E-state index is 0.0704. The van der Waals surface area contributed by atoms with Gasteiger partial charge in [0.25, 0.3) is 0 Å². The van der Waals surface area contributed by atoms with Crippen LogP contribution in [0.2, 0.25) is 0 Å². The van der Waals surface area contributed by atoms with Gasteiger partial charge in [-0.25, -0.2) is 13.2 Å². The molecule has 9 nitrogen and oxygen atoms in total. The smallest absolute Gasteiger partial charge is 0.350 e. The van der Waals surface area contributed by atoms with E-state index in [1.54, 1.807) is 19.1 Å². The topological polar surface area (TPSA) is 118 Å². The number of rotatable bonds is 8. The largest absolute Gasteiger partial charge is 0.489 e. The van der Waals surface area contributed by atoms with E-state index in [0.717, 1.165) is 0 Å². The molecule has 1 N–H and O–H groups in total. The van der Waals surface area contributed by atoms with Crippen LogP contribution in [-0.4, -0.2) is 57.7 Å². The molecule has 0 aliphatic carbocycles. The van der Waals surface area contributed by atoms with E-state index >= 15 is 0 Å². The molecule has 158 valence electrons. The van der Waals surface area contributed by atoms with Crippen molar-refractivity contribution >= 4 is 21.7 Å². The van der Waals surface area contributed by atoms with Crippen LogP contribution in [0.15, 0.2) is 34.9 Å². The lowest BCUT2D eigenvalue weighted by molar-refractivity contribution is -0.138. The van der Waals surface area contributed by atoms with Crippen LogP contribution < -0.4 is 10.1 Å². The van der Waals surface area contributed by atoms with Gasteiger partial charge in [0.2, 0.25) is 10.0 Å². The fourth-order valence-corrected chi connectivity index (χ4v) is 4.01. The Balaban J connectivity index is 2.38. The van der Waals surface area contributed by atoms with Crippen LogP contribution in [0.5, 0.6) is 5.75 Å². The number of nitrogens with zero attached hydrogens (tertiary/aromatic N) is 2. The number of ether oxygens (including phenoxy) is 3. The van der Waals surface area contributed by atoms with E-state index in [4.69, 9.17) is 19.5 Å². The molecule has 0 bridgehead atoms. The lowest BCUT2D eigenvalue weighted by Gasteiger charge is -2.26. The number of hydrogen-bond donors (Lipinski definition) is 1. The number of carbonyl (C=O) groups is 1. The summed E-state index contributed by atoms with van der Waals surface area (Å²) in [4.78, 5) is 11.9. The Morgan fingerprint density at radius 3 is 2.66 bits per heavy atom. The summed E-state index contributed by atoms with van der Waals surface area (Å²) in [6.45, 7) is 6.66. The van der Waals surface area contributed by atoms with E-state index in [9.17, 15) is 13.2 Å². The van der Waals surface area contributed by atoms with Crippen LogP contribution in [-0.2, 0) is 24.3 Å². The molecule has 1 fully saturated rings. The van der Waals surface area contributed by atoms with Gasteiger partial charge in [-0.15, -0.1) is 0 Å². The second kappa shape index (κ2) is 10.2. The van der Waals surface area contributed by atoms with Gasteiger partial charge in [0.1, 0.15) is 11.8 Å². The molecule has 0 unspecified atom stereocenters. The van der Waals surface area contributed by atoms with Crippen LogP contribution >= 0.6 is 0 Å². The molecule has 1 aromatic carbocycles. The van der Waals surface area contributed by atoms with Gasteiger partial charge in [0.05, 0.1) is 36.5 Å². The maximum atomic E-state index is 12.9.